The van der Waals surface area contributed by atoms with E-state index in [2.05, 4.69) is 9.88 Å². The Morgan fingerprint density at radius 3 is 2.38 bits per heavy atom. The molecule has 0 N–H and O–H groups in total. The van der Waals surface area contributed by atoms with Gasteiger partial charge in [-0.3, -0.25) is 9.88 Å². The summed E-state index contributed by atoms with van der Waals surface area (Å²) in [7, 11) is -4.63. The molecule has 0 radical (unpaired) electrons. The molecular formula is C17H18ClF2N3O2S. The molecule has 0 aliphatic carbocycles. The number of halogens is 3. The number of hydrogen-bond acceptors (Lipinski definition) is 5. The Labute approximate surface area is 156 Å². The maximum absolute atomic E-state index is 12.9. The van der Waals surface area contributed by atoms with Crippen molar-refractivity contribution in [2.45, 2.75) is 17.2 Å². The van der Waals surface area contributed by atoms with Crippen LogP contribution in [0.15, 0.2) is 47.5 Å². The molecule has 9 heteroatoms. The third kappa shape index (κ3) is 4.13. The molecule has 0 saturated carbocycles. The monoisotopic (exact) mass is 401 g/mol. The number of aromatic nitrogens is 1. The molecule has 0 bridgehead atoms. The topological polar surface area (TPSA) is 53.5 Å². The first kappa shape index (κ1) is 19.0. The van der Waals surface area contributed by atoms with Crippen molar-refractivity contribution in [2.24, 2.45) is 0 Å². The molecule has 5 nitrogen and oxygen atoms in total. The minimum atomic E-state index is -4.63. The fourth-order valence-corrected chi connectivity index (χ4v) is 3.99. The van der Waals surface area contributed by atoms with Crippen LogP contribution in [-0.2, 0) is 16.4 Å². The lowest BCUT2D eigenvalue weighted by Gasteiger charge is -2.36. The SMILES string of the molecule is O=S(=O)(c1ccccc1N1CCN(Cc2ccc(Cl)cn2)CC1)C(F)F. The van der Waals surface area contributed by atoms with Crippen LogP contribution in [0.25, 0.3) is 0 Å². The van der Waals surface area contributed by atoms with Gasteiger partial charge in [0.05, 0.1) is 21.3 Å². The van der Waals surface area contributed by atoms with Crippen molar-refractivity contribution in [3.05, 3.63) is 53.3 Å². The summed E-state index contributed by atoms with van der Waals surface area (Å²) in [5.41, 5.74) is 1.22. The van der Waals surface area contributed by atoms with Crippen molar-refractivity contribution in [3.63, 3.8) is 0 Å². The van der Waals surface area contributed by atoms with Crippen LogP contribution in [0.4, 0.5) is 14.5 Å². The Morgan fingerprint density at radius 2 is 1.77 bits per heavy atom. The van der Waals surface area contributed by atoms with E-state index in [9.17, 15) is 17.2 Å². The van der Waals surface area contributed by atoms with Crippen molar-refractivity contribution < 1.29 is 17.2 Å². The molecule has 1 aliphatic heterocycles. The van der Waals surface area contributed by atoms with Gasteiger partial charge in [-0.15, -0.1) is 0 Å². The molecule has 1 fully saturated rings. The Bertz CT molecular complexity index is 855. The number of sulfone groups is 1. The standard InChI is InChI=1S/C17H18ClF2N3O2S/c18-13-5-6-14(21-11-13)12-22-7-9-23(10-8-22)15-3-1-2-4-16(15)26(24,25)17(19)20/h1-6,11,17H,7-10,12H2. The van der Waals surface area contributed by atoms with Gasteiger partial charge in [-0.05, 0) is 24.3 Å². The van der Waals surface area contributed by atoms with Gasteiger partial charge in [-0.2, -0.15) is 8.78 Å². The summed E-state index contributed by atoms with van der Waals surface area (Å²) < 4.78 is 49.7. The molecule has 0 spiro atoms. The Morgan fingerprint density at radius 1 is 1.08 bits per heavy atom. The summed E-state index contributed by atoms with van der Waals surface area (Å²) in [4.78, 5) is 7.96. The quantitative estimate of drug-likeness (QED) is 0.770. The van der Waals surface area contributed by atoms with E-state index < -0.39 is 15.6 Å². The van der Waals surface area contributed by atoms with Crippen LogP contribution in [0.5, 0.6) is 0 Å². The number of nitrogens with zero attached hydrogens (tertiary/aromatic N) is 3. The zero-order chi connectivity index (χ0) is 18.7. The number of anilines is 1. The molecule has 2 aromatic rings. The Balaban J connectivity index is 1.70. The number of benzene rings is 1. The second-order valence-electron chi connectivity index (χ2n) is 6.00. The molecule has 3 rings (SSSR count). The lowest BCUT2D eigenvalue weighted by atomic mass is 10.2. The molecule has 2 heterocycles. The van der Waals surface area contributed by atoms with Crippen molar-refractivity contribution in [3.8, 4) is 0 Å². The number of para-hydroxylation sites is 1. The maximum atomic E-state index is 12.9. The minimum absolute atomic E-state index is 0.317. The van der Waals surface area contributed by atoms with Gasteiger partial charge in [0.15, 0.2) is 0 Å². The average molecular weight is 402 g/mol. The highest BCUT2D eigenvalue weighted by molar-refractivity contribution is 7.91. The molecule has 1 aromatic heterocycles. The first-order valence-corrected chi connectivity index (χ1v) is 9.99. The number of rotatable bonds is 5. The molecule has 26 heavy (non-hydrogen) atoms. The zero-order valence-electron chi connectivity index (χ0n) is 13.9. The highest BCUT2D eigenvalue weighted by atomic mass is 35.5. The molecule has 0 unspecified atom stereocenters. The molecule has 1 aliphatic rings. The van der Waals surface area contributed by atoms with Gasteiger partial charge in [0.1, 0.15) is 0 Å². The van der Waals surface area contributed by atoms with Crippen molar-refractivity contribution in [1.82, 2.24) is 9.88 Å². The third-order valence-electron chi connectivity index (χ3n) is 4.29. The predicted octanol–water partition coefficient (Wildman–Crippen LogP) is 3.05. The summed E-state index contributed by atoms with van der Waals surface area (Å²) in [6.07, 6.45) is 1.60. The minimum Gasteiger partial charge on any atom is -0.368 e. The van der Waals surface area contributed by atoms with E-state index in [0.717, 1.165) is 5.69 Å². The van der Waals surface area contributed by atoms with Crippen LogP contribution in [0.2, 0.25) is 5.02 Å². The normalized spacial score (nSPS) is 16.2. The van der Waals surface area contributed by atoms with Gasteiger partial charge in [-0.25, -0.2) is 8.42 Å². The van der Waals surface area contributed by atoms with E-state index in [-0.39, 0.29) is 4.90 Å². The van der Waals surface area contributed by atoms with Crippen LogP contribution in [0, 0.1) is 0 Å². The van der Waals surface area contributed by atoms with E-state index in [1.165, 1.54) is 12.1 Å². The highest BCUT2D eigenvalue weighted by Gasteiger charge is 2.31. The lowest BCUT2D eigenvalue weighted by Crippen LogP contribution is -2.46. The van der Waals surface area contributed by atoms with E-state index >= 15 is 0 Å². The van der Waals surface area contributed by atoms with Gasteiger partial charge in [0, 0.05) is 38.9 Å². The smallest absolute Gasteiger partial charge is 0.341 e. The summed E-state index contributed by atoms with van der Waals surface area (Å²) in [5, 5.41) is 0.579. The van der Waals surface area contributed by atoms with Crippen LogP contribution in [-0.4, -0.2) is 50.2 Å². The summed E-state index contributed by atoms with van der Waals surface area (Å²) in [5.74, 6) is -3.43. The van der Waals surface area contributed by atoms with E-state index in [4.69, 9.17) is 11.6 Å². The molecule has 1 saturated heterocycles. The van der Waals surface area contributed by atoms with E-state index in [1.54, 1.807) is 24.4 Å². The molecule has 140 valence electrons. The van der Waals surface area contributed by atoms with E-state index in [1.807, 2.05) is 11.0 Å². The van der Waals surface area contributed by atoms with Gasteiger partial charge < -0.3 is 4.90 Å². The summed E-state index contributed by atoms with van der Waals surface area (Å²) in [6.45, 7) is 3.09. The van der Waals surface area contributed by atoms with Crippen LogP contribution >= 0.6 is 11.6 Å². The van der Waals surface area contributed by atoms with Gasteiger partial charge in [0.2, 0.25) is 9.84 Å². The van der Waals surface area contributed by atoms with Crippen LogP contribution in [0.3, 0.4) is 0 Å². The molecule has 0 atom stereocenters. The lowest BCUT2D eigenvalue weighted by molar-refractivity contribution is 0.234. The van der Waals surface area contributed by atoms with Gasteiger partial charge >= 0.3 is 5.76 Å². The maximum Gasteiger partial charge on any atom is 0.341 e. The first-order valence-electron chi connectivity index (χ1n) is 8.07. The van der Waals surface area contributed by atoms with Crippen molar-refractivity contribution in [2.75, 3.05) is 31.1 Å². The van der Waals surface area contributed by atoms with Crippen LogP contribution < -0.4 is 4.90 Å². The fraction of sp³-hybridized carbons (Fsp3) is 0.353. The van der Waals surface area contributed by atoms with Crippen molar-refractivity contribution in [1.29, 1.82) is 0 Å². The first-order chi connectivity index (χ1) is 12.4. The molecule has 1 aromatic carbocycles. The largest absolute Gasteiger partial charge is 0.368 e. The number of alkyl halides is 2. The predicted molar refractivity (Wildman–Crippen MR) is 96.4 cm³/mol. The average Bonchev–Trinajstić information content (AvgIpc) is 2.64. The van der Waals surface area contributed by atoms with Crippen molar-refractivity contribution >= 4 is 27.1 Å². The summed E-state index contributed by atoms with van der Waals surface area (Å²) >= 11 is 5.83. The van der Waals surface area contributed by atoms with Crippen LogP contribution in [0.1, 0.15) is 5.69 Å². The third-order valence-corrected chi connectivity index (χ3v) is 5.94. The van der Waals surface area contributed by atoms with Gasteiger partial charge in [-0.1, -0.05) is 23.7 Å². The van der Waals surface area contributed by atoms with E-state index in [0.29, 0.717) is 43.4 Å². The second-order valence-corrected chi connectivity index (χ2v) is 8.33. The second kappa shape index (κ2) is 7.85. The number of hydrogen-bond donors (Lipinski definition) is 0. The zero-order valence-corrected chi connectivity index (χ0v) is 15.4. The van der Waals surface area contributed by atoms with Gasteiger partial charge in [0.25, 0.3) is 0 Å². The fourth-order valence-electron chi connectivity index (χ4n) is 2.93. The Hall–Kier alpha value is -1.77. The summed E-state index contributed by atoms with van der Waals surface area (Å²) in [6, 6.07) is 9.57. The molecular weight excluding hydrogens is 384 g/mol. The number of pyridine rings is 1. The Kier molecular flexibility index (Phi) is 5.74. The number of piperazine rings is 1. The highest BCUT2D eigenvalue weighted by Crippen LogP contribution is 2.29. The molecule has 0 amide bonds.